The van der Waals surface area contributed by atoms with Crippen molar-refractivity contribution in [1.29, 1.82) is 0 Å². The second-order valence-corrected chi connectivity index (χ2v) is 6.50. The standard InChI is InChI=1S/C19H13F5N2O2S/c20-18(21)28-16-4-2-1-3-13(16)9-25-27-10-15-11-29-17(26-15)12-5-7-14(8-6-12)19(22,23)24/h1-9,11,18H,10H2/b25-9+. The van der Waals surface area contributed by atoms with Crippen molar-refractivity contribution in [2.45, 2.75) is 19.4 Å². The first-order chi connectivity index (χ1) is 13.8. The molecule has 0 unspecified atom stereocenters. The maximum absolute atomic E-state index is 12.6. The maximum Gasteiger partial charge on any atom is 0.416 e. The predicted molar refractivity (Wildman–Crippen MR) is 98.0 cm³/mol. The highest BCUT2D eigenvalue weighted by molar-refractivity contribution is 7.13. The fourth-order valence-corrected chi connectivity index (χ4v) is 3.11. The van der Waals surface area contributed by atoms with Crippen LogP contribution >= 0.6 is 11.3 Å². The molecule has 0 bridgehead atoms. The molecule has 4 nitrogen and oxygen atoms in total. The van der Waals surface area contributed by atoms with Gasteiger partial charge in [0, 0.05) is 16.5 Å². The first-order valence-electron chi connectivity index (χ1n) is 8.14. The van der Waals surface area contributed by atoms with Gasteiger partial charge in [0.25, 0.3) is 0 Å². The molecule has 2 aromatic carbocycles. The molecule has 0 spiro atoms. The van der Waals surface area contributed by atoms with Crippen LogP contribution in [0.4, 0.5) is 22.0 Å². The predicted octanol–water partition coefficient (Wildman–Crippen LogP) is 5.98. The minimum absolute atomic E-state index is 0.00546. The van der Waals surface area contributed by atoms with E-state index in [0.29, 0.717) is 21.8 Å². The monoisotopic (exact) mass is 428 g/mol. The highest BCUT2D eigenvalue weighted by atomic mass is 32.1. The molecule has 10 heteroatoms. The van der Waals surface area contributed by atoms with Gasteiger partial charge in [0.15, 0.2) is 6.61 Å². The number of aromatic nitrogens is 1. The second kappa shape index (κ2) is 8.99. The minimum Gasteiger partial charge on any atom is -0.434 e. The molecule has 0 saturated heterocycles. The summed E-state index contributed by atoms with van der Waals surface area (Å²) in [6.07, 6.45) is -3.15. The van der Waals surface area contributed by atoms with Crippen molar-refractivity contribution in [2.24, 2.45) is 5.16 Å². The molecule has 29 heavy (non-hydrogen) atoms. The Morgan fingerprint density at radius 1 is 1.07 bits per heavy atom. The van der Waals surface area contributed by atoms with E-state index < -0.39 is 18.4 Å². The Kier molecular flexibility index (Phi) is 6.42. The van der Waals surface area contributed by atoms with Crippen LogP contribution < -0.4 is 4.74 Å². The van der Waals surface area contributed by atoms with Crippen molar-refractivity contribution >= 4 is 17.6 Å². The zero-order valence-electron chi connectivity index (χ0n) is 14.6. The fraction of sp³-hybridized carbons (Fsp3) is 0.158. The molecule has 0 aliphatic carbocycles. The van der Waals surface area contributed by atoms with Crippen LogP contribution in [0.3, 0.4) is 0 Å². The number of halogens is 5. The average molecular weight is 428 g/mol. The summed E-state index contributed by atoms with van der Waals surface area (Å²) in [5.41, 5.74) is 0.665. The van der Waals surface area contributed by atoms with E-state index in [1.807, 2.05) is 0 Å². The van der Waals surface area contributed by atoms with E-state index in [4.69, 9.17) is 4.84 Å². The van der Waals surface area contributed by atoms with Crippen LogP contribution in [0.5, 0.6) is 5.75 Å². The Morgan fingerprint density at radius 3 is 2.48 bits per heavy atom. The van der Waals surface area contributed by atoms with Crippen LogP contribution in [-0.2, 0) is 17.6 Å². The van der Waals surface area contributed by atoms with Crippen LogP contribution in [0, 0.1) is 0 Å². The number of oxime groups is 1. The summed E-state index contributed by atoms with van der Waals surface area (Å²) in [5, 5.41) is 5.94. The summed E-state index contributed by atoms with van der Waals surface area (Å²) in [4.78, 5) is 9.41. The molecule has 0 aliphatic rings. The van der Waals surface area contributed by atoms with Gasteiger partial charge in [0.05, 0.1) is 17.5 Å². The molecule has 1 aromatic heterocycles. The molecule has 0 aliphatic heterocycles. The van der Waals surface area contributed by atoms with Crippen LogP contribution in [0.1, 0.15) is 16.8 Å². The van der Waals surface area contributed by atoms with Gasteiger partial charge in [0.2, 0.25) is 0 Å². The van der Waals surface area contributed by atoms with Gasteiger partial charge in [-0.3, -0.25) is 0 Å². The van der Waals surface area contributed by atoms with Gasteiger partial charge in [-0.05, 0) is 24.3 Å². The molecule has 152 valence electrons. The van der Waals surface area contributed by atoms with E-state index in [-0.39, 0.29) is 12.4 Å². The van der Waals surface area contributed by atoms with Crippen LogP contribution in [0.15, 0.2) is 59.1 Å². The van der Waals surface area contributed by atoms with Crippen molar-refractivity contribution in [1.82, 2.24) is 4.98 Å². The summed E-state index contributed by atoms with van der Waals surface area (Å²) < 4.78 is 67.0. The Hall–Kier alpha value is -3.01. The van der Waals surface area contributed by atoms with Gasteiger partial charge in [-0.1, -0.05) is 29.4 Å². The fourth-order valence-electron chi connectivity index (χ4n) is 2.30. The van der Waals surface area contributed by atoms with Crippen molar-refractivity contribution in [3.8, 4) is 16.3 Å². The second-order valence-electron chi connectivity index (χ2n) is 5.64. The van der Waals surface area contributed by atoms with E-state index in [1.165, 1.54) is 41.8 Å². The molecule has 0 fully saturated rings. The normalized spacial score (nSPS) is 11.9. The molecule has 3 rings (SSSR count). The number of ether oxygens (including phenoxy) is 1. The molecular weight excluding hydrogens is 415 g/mol. The smallest absolute Gasteiger partial charge is 0.416 e. The summed E-state index contributed by atoms with van der Waals surface area (Å²) in [7, 11) is 0. The zero-order chi connectivity index (χ0) is 20.9. The number of benzene rings is 2. The van der Waals surface area contributed by atoms with E-state index in [9.17, 15) is 22.0 Å². The van der Waals surface area contributed by atoms with Crippen LogP contribution in [0.2, 0.25) is 0 Å². The Labute approximate surface area is 166 Å². The molecule has 0 N–H and O–H groups in total. The molecule has 0 atom stereocenters. The molecule has 1 heterocycles. The van der Waals surface area contributed by atoms with Gasteiger partial charge < -0.3 is 9.57 Å². The number of hydrogen-bond acceptors (Lipinski definition) is 5. The third kappa shape index (κ3) is 5.74. The summed E-state index contributed by atoms with van der Waals surface area (Å²) in [5.74, 6) is -0.0342. The lowest BCUT2D eigenvalue weighted by atomic mass is 10.1. The van der Waals surface area contributed by atoms with E-state index in [1.54, 1.807) is 17.5 Å². The molecule has 0 saturated carbocycles. The van der Waals surface area contributed by atoms with Gasteiger partial charge in [0.1, 0.15) is 10.8 Å². The van der Waals surface area contributed by atoms with Crippen LogP contribution in [0.25, 0.3) is 10.6 Å². The van der Waals surface area contributed by atoms with Gasteiger partial charge in [-0.15, -0.1) is 11.3 Å². The third-order valence-electron chi connectivity index (χ3n) is 3.62. The third-order valence-corrected chi connectivity index (χ3v) is 4.56. The van der Waals surface area contributed by atoms with Gasteiger partial charge >= 0.3 is 12.8 Å². The Bertz CT molecular complexity index is 971. The highest BCUT2D eigenvalue weighted by Gasteiger charge is 2.30. The van der Waals surface area contributed by atoms with E-state index in [2.05, 4.69) is 14.9 Å². The quantitative estimate of drug-likeness (QED) is 0.264. The first-order valence-corrected chi connectivity index (χ1v) is 9.02. The molecule has 0 radical (unpaired) electrons. The van der Waals surface area contributed by atoms with Crippen LogP contribution in [-0.4, -0.2) is 17.8 Å². The van der Waals surface area contributed by atoms with E-state index in [0.717, 1.165) is 12.1 Å². The van der Waals surface area contributed by atoms with E-state index >= 15 is 0 Å². The Morgan fingerprint density at radius 2 is 1.79 bits per heavy atom. The lowest BCUT2D eigenvalue weighted by Crippen LogP contribution is -2.04. The number of rotatable bonds is 7. The van der Waals surface area contributed by atoms with Gasteiger partial charge in [-0.2, -0.15) is 22.0 Å². The number of thiazole rings is 1. The van der Waals surface area contributed by atoms with Crippen molar-refractivity contribution < 1.29 is 31.5 Å². The lowest BCUT2D eigenvalue weighted by molar-refractivity contribution is -0.137. The lowest BCUT2D eigenvalue weighted by Gasteiger charge is -2.06. The SMILES string of the molecule is FC(F)Oc1ccccc1/C=N/OCc1csc(-c2ccc(C(F)(F)F)cc2)n1. The average Bonchev–Trinajstić information content (AvgIpc) is 3.14. The van der Waals surface area contributed by atoms with Crippen molar-refractivity contribution in [3.05, 3.63) is 70.7 Å². The molecule has 0 amide bonds. The summed E-state index contributed by atoms with van der Waals surface area (Å²) >= 11 is 1.25. The highest BCUT2D eigenvalue weighted by Crippen LogP contribution is 2.31. The topological polar surface area (TPSA) is 43.7 Å². The number of hydrogen-bond donors (Lipinski definition) is 0. The largest absolute Gasteiger partial charge is 0.434 e. The number of nitrogens with zero attached hydrogens (tertiary/aromatic N) is 2. The number of para-hydroxylation sites is 1. The number of alkyl halides is 5. The maximum atomic E-state index is 12.6. The zero-order valence-corrected chi connectivity index (χ0v) is 15.4. The van der Waals surface area contributed by atoms with Crippen molar-refractivity contribution in [2.75, 3.05) is 0 Å². The minimum atomic E-state index is -4.39. The first kappa shape index (κ1) is 20.7. The summed E-state index contributed by atoms with van der Waals surface area (Å²) in [6.45, 7) is -2.95. The molecule has 3 aromatic rings. The van der Waals surface area contributed by atoms with Gasteiger partial charge in [-0.25, -0.2) is 4.98 Å². The Balaban J connectivity index is 1.59. The van der Waals surface area contributed by atoms with Crippen molar-refractivity contribution in [3.63, 3.8) is 0 Å². The molecular formula is C19H13F5N2O2S. The summed E-state index contributed by atoms with van der Waals surface area (Å²) in [6, 6.07) is 10.8.